The third kappa shape index (κ3) is 20.9. The van der Waals surface area contributed by atoms with Gasteiger partial charge in [-0.3, -0.25) is 0 Å². The van der Waals surface area contributed by atoms with E-state index in [1.807, 2.05) is 0 Å². The van der Waals surface area contributed by atoms with Gasteiger partial charge in [0.05, 0.1) is 6.10 Å². The number of nitrogens with two attached hydrogens (primary N) is 2. The van der Waals surface area contributed by atoms with Crippen molar-refractivity contribution in [2.45, 2.75) is 129 Å². The molecule has 2 atom stereocenters. The van der Waals surface area contributed by atoms with Crippen LogP contribution in [0.4, 0.5) is 0 Å². The maximum absolute atomic E-state index is 6.33. The fourth-order valence-electron chi connectivity index (χ4n) is 3.69. The fraction of sp³-hybridized carbons (Fsp3) is 1.00. The summed E-state index contributed by atoms with van der Waals surface area (Å²) in [6.07, 6.45) is 19.1. The third-order valence-corrected chi connectivity index (χ3v) is 5.67. The van der Waals surface area contributed by atoms with Gasteiger partial charge in [-0.25, -0.2) is 0 Å². The zero-order chi connectivity index (χ0) is 21.6. The summed E-state index contributed by atoms with van der Waals surface area (Å²) in [6, 6.07) is 0.0231. The summed E-state index contributed by atoms with van der Waals surface area (Å²) in [4.78, 5) is 0. The van der Waals surface area contributed by atoms with E-state index in [9.17, 15) is 0 Å². The van der Waals surface area contributed by atoms with Crippen molar-refractivity contribution in [2.24, 2.45) is 17.4 Å². The Hall–Kier alpha value is -0.160. The van der Waals surface area contributed by atoms with Crippen LogP contribution in [0, 0.1) is 5.92 Å². The van der Waals surface area contributed by atoms with Crippen LogP contribution in [0.2, 0.25) is 0 Å². The molecule has 0 amide bonds. The second-order valence-corrected chi connectivity index (χ2v) is 9.12. The van der Waals surface area contributed by atoms with E-state index >= 15 is 0 Å². The molecule has 0 saturated heterocycles. The molecule has 0 spiro atoms. The highest BCUT2D eigenvalue weighted by Gasteiger charge is 2.17. The van der Waals surface area contributed by atoms with Crippen LogP contribution in [-0.4, -0.2) is 38.5 Å². The van der Waals surface area contributed by atoms with Gasteiger partial charge >= 0.3 is 0 Å². The maximum Gasteiger partial charge on any atom is 0.0738 e. The summed E-state index contributed by atoms with van der Waals surface area (Å²) in [5, 5.41) is 0. The molecule has 4 N–H and O–H groups in total. The van der Waals surface area contributed by atoms with E-state index in [1.54, 1.807) is 0 Å². The zero-order valence-corrected chi connectivity index (χ0v) is 20.1. The van der Waals surface area contributed by atoms with Gasteiger partial charge in [-0.1, -0.05) is 85.0 Å². The fourth-order valence-corrected chi connectivity index (χ4v) is 3.69. The molecular formula is C25H54N2O2. The Bertz CT molecular complexity index is 313. The number of hydrogen-bond acceptors (Lipinski definition) is 4. The number of ether oxygens (including phenoxy) is 2. The van der Waals surface area contributed by atoms with E-state index in [2.05, 4.69) is 20.8 Å². The van der Waals surface area contributed by atoms with Gasteiger partial charge in [0.25, 0.3) is 0 Å². The van der Waals surface area contributed by atoms with Crippen molar-refractivity contribution in [3.8, 4) is 0 Å². The Morgan fingerprint density at radius 2 is 1.24 bits per heavy atom. The average Bonchev–Trinajstić information content (AvgIpc) is 2.70. The first-order valence-electron chi connectivity index (χ1n) is 12.8. The van der Waals surface area contributed by atoms with E-state index < -0.39 is 0 Å². The molecule has 29 heavy (non-hydrogen) atoms. The van der Waals surface area contributed by atoms with Crippen LogP contribution in [-0.2, 0) is 9.47 Å². The lowest BCUT2D eigenvalue weighted by atomic mass is 10.1. The molecule has 2 unspecified atom stereocenters. The molecule has 0 aliphatic heterocycles. The van der Waals surface area contributed by atoms with Crippen molar-refractivity contribution in [1.82, 2.24) is 0 Å². The SMILES string of the molecule is CCCCCCCCCCCCCOCCC(N)C(CCN)OCCCC(C)C. The minimum absolute atomic E-state index is 0.0231. The van der Waals surface area contributed by atoms with Crippen LogP contribution in [0.1, 0.15) is 117 Å². The highest BCUT2D eigenvalue weighted by atomic mass is 16.5. The summed E-state index contributed by atoms with van der Waals surface area (Å²) < 4.78 is 11.8. The van der Waals surface area contributed by atoms with Gasteiger partial charge in [0.2, 0.25) is 0 Å². The van der Waals surface area contributed by atoms with E-state index in [1.165, 1.54) is 77.0 Å². The van der Waals surface area contributed by atoms with E-state index in [-0.39, 0.29) is 12.1 Å². The van der Waals surface area contributed by atoms with Crippen LogP contribution in [0.25, 0.3) is 0 Å². The van der Waals surface area contributed by atoms with E-state index in [0.29, 0.717) is 6.54 Å². The van der Waals surface area contributed by atoms with Crippen molar-refractivity contribution >= 4 is 0 Å². The summed E-state index contributed by atoms with van der Waals surface area (Å²) in [5.74, 6) is 0.726. The lowest BCUT2D eigenvalue weighted by Crippen LogP contribution is -2.39. The Kier molecular flexibility index (Phi) is 22.4. The topological polar surface area (TPSA) is 70.5 Å². The first-order valence-corrected chi connectivity index (χ1v) is 12.8. The van der Waals surface area contributed by atoms with Crippen molar-refractivity contribution in [2.75, 3.05) is 26.4 Å². The van der Waals surface area contributed by atoms with Crippen molar-refractivity contribution in [3.63, 3.8) is 0 Å². The molecule has 0 fully saturated rings. The van der Waals surface area contributed by atoms with Crippen LogP contribution in [0.3, 0.4) is 0 Å². The van der Waals surface area contributed by atoms with Gasteiger partial charge in [-0.15, -0.1) is 0 Å². The highest BCUT2D eigenvalue weighted by Crippen LogP contribution is 2.12. The maximum atomic E-state index is 6.33. The lowest BCUT2D eigenvalue weighted by molar-refractivity contribution is 0.0178. The van der Waals surface area contributed by atoms with Crippen molar-refractivity contribution < 1.29 is 9.47 Å². The first kappa shape index (κ1) is 28.8. The molecule has 4 heteroatoms. The molecule has 0 saturated carbocycles. The predicted octanol–water partition coefficient (Wildman–Crippen LogP) is 6.20. The van der Waals surface area contributed by atoms with E-state index in [4.69, 9.17) is 20.9 Å². The molecule has 0 aromatic rings. The van der Waals surface area contributed by atoms with Gasteiger partial charge in [0.15, 0.2) is 0 Å². The molecular weight excluding hydrogens is 360 g/mol. The van der Waals surface area contributed by atoms with Gasteiger partial charge < -0.3 is 20.9 Å². The van der Waals surface area contributed by atoms with Gasteiger partial charge in [-0.2, -0.15) is 0 Å². The van der Waals surface area contributed by atoms with Crippen LogP contribution in [0.5, 0.6) is 0 Å². The molecule has 4 nitrogen and oxygen atoms in total. The molecule has 0 bridgehead atoms. The van der Waals surface area contributed by atoms with Crippen molar-refractivity contribution in [1.29, 1.82) is 0 Å². The number of hydrogen-bond donors (Lipinski definition) is 2. The average molecular weight is 415 g/mol. The monoisotopic (exact) mass is 414 g/mol. The Balaban J connectivity index is 3.50. The van der Waals surface area contributed by atoms with Crippen LogP contribution in [0.15, 0.2) is 0 Å². The Labute approximate surface area is 182 Å². The molecule has 0 rings (SSSR count). The molecule has 0 radical (unpaired) electrons. The van der Waals surface area contributed by atoms with E-state index in [0.717, 1.165) is 45.0 Å². The molecule has 0 aliphatic rings. The second-order valence-electron chi connectivity index (χ2n) is 9.12. The normalized spacial score (nSPS) is 13.9. The minimum Gasteiger partial charge on any atom is -0.381 e. The van der Waals surface area contributed by atoms with Gasteiger partial charge in [0, 0.05) is 25.9 Å². The summed E-state index contributed by atoms with van der Waals surface area (Å²) >= 11 is 0. The lowest BCUT2D eigenvalue weighted by Gasteiger charge is -2.24. The predicted molar refractivity (Wildman–Crippen MR) is 127 cm³/mol. The molecule has 0 heterocycles. The standard InChI is InChI=1S/C25H54N2O2/c1-4-5-6-7-8-9-10-11-12-13-14-20-28-22-18-24(27)25(17-19-26)29-21-15-16-23(2)3/h23-25H,4-22,26-27H2,1-3H3. The molecule has 0 aliphatic carbocycles. The smallest absolute Gasteiger partial charge is 0.0738 e. The Morgan fingerprint density at radius 1 is 0.655 bits per heavy atom. The zero-order valence-electron chi connectivity index (χ0n) is 20.1. The quantitative estimate of drug-likeness (QED) is 0.195. The largest absolute Gasteiger partial charge is 0.381 e. The number of rotatable bonds is 23. The highest BCUT2D eigenvalue weighted by molar-refractivity contribution is 4.74. The van der Waals surface area contributed by atoms with Crippen molar-refractivity contribution in [3.05, 3.63) is 0 Å². The second kappa shape index (κ2) is 22.5. The first-order chi connectivity index (χ1) is 14.1. The van der Waals surface area contributed by atoms with Crippen LogP contribution >= 0.6 is 0 Å². The summed E-state index contributed by atoms with van der Waals surface area (Å²) in [5.41, 5.74) is 12.1. The van der Waals surface area contributed by atoms with Crippen LogP contribution < -0.4 is 11.5 Å². The molecule has 176 valence electrons. The number of unbranched alkanes of at least 4 members (excludes halogenated alkanes) is 10. The molecule has 0 aromatic heterocycles. The molecule has 0 aromatic carbocycles. The third-order valence-electron chi connectivity index (χ3n) is 5.67. The van der Waals surface area contributed by atoms with Gasteiger partial charge in [-0.05, 0) is 44.6 Å². The van der Waals surface area contributed by atoms with Gasteiger partial charge in [0.1, 0.15) is 0 Å². The Morgan fingerprint density at radius 3 is 1.79 bits per heavy atom. The summed E-state index contributed by atoms with van der Waals surface area (Å²) in [7, 11) is 0. The summed E-state index contributed by atoms with van der Waals surface area (Å²) in [6.45, 7) is 9.78. The minimum atomic E-state index is 0.0231.